The van der Waals surface area contributed by atoms with Crippen LogP contribution in [-0.4, -0.2) is 41.1 Å². The van der Waals surface area contributed by atoms with Crippen LogP contribution in [0.25, 0.3) is 10.8 Å². The molecule has 0 bridgehead atoms. The number of methoxy groups -OCH3 is 1. The largest absolute Gasteiger partial charge is 0.506 e. The van der Waals surface area contributed by atoms with Gasteiger partial charge >= 0.3 is 0 Å². The number of rotatable bonds is 7. The Balaban J connectivity index is 1.98. The Kier molecular flexibility index (Phi) is 6.41. The van der Waals surface area contributed by atoms with E-state index < -0.39 is 20.0 Å². The van der Waals surface area contributed by atoms with Crippen molar-refractivity contribution < 1.29 is 26.7 Å². The van der Waals surface area contributed by atoms with Crippen molar-refractivity contribution in [1.82, 2.24) is 4.72 Å². The summed E-state index contributed by atoms with van der Waals surface area (Å²) in [4.78, 5) is 4.35. The number of aliphatic imine (C=N–C) groups is 1. The number of phenols is 1. The average molecular weight is 518 g/mol. The molecule has 3 aromatic rings. The van der Waals surface area contributed by atoms with E-state index in [0.29, 0.717) is 23.5 Å². The number of hydrogen-bond donors (Lipinski definition) is 3. The second-order valence-electron chi connectivity index (χ2n) is 8.84. The van der Waals surface area contributed by atoms with Gasteiger partial charge in [0, 0.05) is 10.9 Å². The van der Waals surface area contributed by atoms with E-state index in [1.54, 1.807) is 12.1 Å². The first-order chi connectivity index (χ1) is 16.4. The minimum Gasteiger partial charge on any atom is -0.506 e. The third-order valence-electron chi connectivity index (χ3n) is 5.67. The maximum atomic E-state index is 13.1. The van der Waals surface area contributed by atoms with Gasteiger partial charge in [0.2, 0.25) is 10.0 Å². The zero-order chi connectivity index (χ0) is 25.5. The van der Waals surface area contributed by atoms with Gasteiger partial charge in [0.15, 0.2) is 5.84 Å². The van der Waals surface area contributed by atoms with Crippen LogP contribution < -0.4 is 14.2 Å². The standard InChI is InChI=1S/C24H27N3O6S2/c1-14(2)9-11-18-16-7-5-6-8-17(16)22(28)21(23(18)33-3)24-25-19-13-15(26-34(4,29)30)10-12-20(19)35(31,32)27-24/h5-8,10,12-14,26,28H,9,11H2,1-4H3,(H,25,27). The third kappa shape index (κ3) is 4.92. The van der Waals surface area contributed by atoms with Crippen molar-refractivity contribution >= 4 is 48.0 Å². The Morgan fingerprint density at radius 2 is 1.83 bits per heavy atom. The Hall–Kier alpha value is -3.31. The molecule has 0 aromatic heterocycles. The summed E-state index contributed by atoms with van der Waals surface area (Å²) in [5.41, 5.74) is 1.16. The summed E-state index contributed by atoms with van der Waals surface area (Å²) in [5.74, 6) is 0.465. The van der Waals surface area contributed by atoms with E-state index in [4.69, 9.17) is 4.74 Å². The summed E-state index contributed by atoms with van der Waals surface area (Å²) in [6.07, 6.45) is 2.50. The van der Waals surface area contributed by atoms with Gasteiger partial charge in [-0.25, -0.2) is 21.8 Å². The van der Waals surface area contributed by atoms with E-state index >= 15 is 0 Å². The monoisotopic (exact) mass is 517 g/mol. The van der Waals surface area contributed by atoms with E-state index in [1.165, 1.54) is 25.3 Å². The van der Waals surface area contributed by atoms with Crippen LogP contribution in [0.4, 0.5) is 11.4 Å². The normalized spacial score (nSPS) is 14.8. The summed E-state index contributed by atoms with van der Waals surface area (Å²) >= 11 is 0. The minimum atomic E-state index is -4.06. The molecule has 11 heteroatoms. The molecular formula is C24H27N3O6S2. The van der Waals surface area contributed by atoms with Crippen molar-refractivity contribution in [3.8, 4) is 11.5 Å². The van der Waals surface area contributed by atoms with E-state index in [9.17, 15) is 21.9 Å². The van der Waals surface area contributed by atoms with Crippen molar-refractivity contribution in [3.63, 3.8) is 0 Å². The van der Waals surface area contributed by atoms with Crippen LogP contribution >= 0.6 is 0 Å². The first-order valence-corrected chi connectivity index (χ1v) is 14.3. The second-order valence-corrected chi connectivity index (χ2v) is 12.2. The summed E-state index contributed by atoms with van der Waals surface area (Å²) in [7, 11) is -6.18. The molecule has 3 aromatic carbocycles. The Morgan fingerprint density at radius 3 is 2.46 bits per heavy atom. The molecule has 186 valence electrons. The van der Waals surface area contributed by atoms with Crippen LogP contribution in [0.5, 0.6) is 11.5 Å². The Bertz CT molecular complexity index is 1560. The number of anilines is 1. The average Bonchev–Trinajstić information content (AvgIpc) is 2.76. The number of amidine groups is 1. The van der Waals surface area contributed by atoms with Crippen molar-refractivity contribution in [3.05, 3.63) is 53.6 Å². The number of aryl methyl sites for hydroxylation is 1. The molecule has 1 heterocycles. The van der Waals surface area contributed by atoms with Gasteiger partial charge in [-0.15, -0.1) is 0 Å². The summed E-state index contributed by atoms with van der Waals surface area (Å²) < 4.78 is 60.0. The summed E-state index contributed by atoms with van der Waals surface area (Å²) in [6, 6.07) is 11.3. The maximum absolute atomic E-state index is 13.1. The smallest absolute Gasteiger partial charge is 0.265 e. The lowest BCUT2D eigenvalue weighted by Gasteiger charge is -2.23. The molecule has 0 unspecified atom stereocenters. The highest BCUT2D eigenvalue weighted by Crippen LogP contribution is 2.43. The number of benzene rings is 3. The first-order valence-electron chi connectivity index (χ1n) is 11.0. The molecular weight excluding hydrogens is 490 g/mol. The molecule has 9 nitrogen and oxygen atoms in total. The Labute approximate surface area is 205 Å². The lowest BCUT2D eigenvalue weighted by molar-refractivity contribution is 0.401. The van der Waals surface area contributed by atoms with Gasteiger partial charge in [0.25, 0.3) is 10.0 Å². The van der Waals surface area contributed by atoms with Gasteiger partial charge in [0.05, 0.1) is 24.7 Å². The fraction of sp³-hybridized carbons (Fsp3) is 0.292. The number of phenolic OH excluding ortho intramolecular Hbond substituents is 1. The van der Waals surface area contributed by atoms with Gasteiger partial charge in [-0.05, 0) is 42.3 Å². The zero-order valence-electron chi connectivity index (χ0n) is 19.8. The van der Waals surface area contributed by atoms with Crippen LogP contribution in [0.3, 0.4) is 0 Å². The number of nitrogens with one attached hydrogen (secondary N) is 2. The molecule has 0 saturated heterocycles. The maximum Gasteiger partial charge on any atom is 0.265 e. The van der Waals surface area contributed by atoms with Crippen molar-refractivity contribution in [2.45, 2.75) is 31.6 Å². The zero-order valence-corrected chi connectivity index (χ0v) is 21.4. The molecule has 1 aliphatic heterocycles. The fourth-order valence-corrected chi connectivity index (χ4v) is 5.83. The van der Waals surface area contributed by atoms with E-state index in [0.717, 1.165) is 23.6 Å². The van der Waals surface area contributed by atoms with Gasteiger partial charge in [-0.3, -0.25) is 9.44 Å². The molecule has 0 fully saturated rings. The fourth-order valence-electron chi connectivity index (χ4n) is 4.14. The molecule has 0 aliphatic carbocycles. The highest BCUT2D eigenvalue weighted by molar-refractivity contribution is 7.92. The van der Waals surface area contributed by atoms with Crippen LogP contribution in [0, 0.1) is 5.92 Å². The van der Waals surface area contributed by atoms with E-state index in [-0.39, 0.29) is 33.4 Å². The topological polar surface area (TPSA) is 134 Å². The van der Waals surface area contributed by atoms with Crippen LogP contribution in [-0.2, 0) is 26.5 Å². The van der Waals surface area contributed by atoms with E-state index in [2.05, 4.69) is 28.3 Å². The van der Waals surface area contributed by atoms with Crippen LogP contribution in [0.1, 0.15) is 31.4 Å². The number of fused-ring (bicyclic) bond motifs is 2. The van der Waals surface area contributed by atoms with Crippen LogP contribution in [0.2, 0.25) is 0 Å². The molecule has 4 rings (SSSR count). The highest BCUT2D eigenvalue weighted by Gasteiger charge is 2.31. The number of sulfonamides is 2. The predicted octanol–water partition coefficient (Wildman–Crippen LogP) is 3.88. The molecule has 0 radical (unpaired) electrons. The van der Waals surface area contributed by atoms with E-state index in [1.807, 2.05) is 12.1 Å². The number of nitrogens with zero attached hydrogens (tertiary/aromatic N) is 1. The summed E-state index contributed by atoms with van der Waals surface area (Å²) in [6.45, 7) is 4.21. The van der Waals surface area contributed by atoms with Gasteiger partial charge < -0.3 is 9.84 Å². The SMILES string of the molecule is COc1c(C2=Nc3cc(NS(C)(=O)=O)ccc3S(=O)(=O)N2)c(O)c2ccccc2c1CCC(C)C. The number of ether oxygens (including phenoxy) is 1. The molecule has 35 heavy (non-hydrogen) atoms. The number of hydrogen-bond acceptors (Lipinski definition) is 7. The number of aromatic hydroxyl groups is 1. The predicted molar refractivity (Wildman–Crippen MR) is 137 cm³/mol. The van der Waals surface area contributed by atoms with Crippen molar-refractivity contribution in [2.24, 2.45) is 10.9 Å². The molecule has 0 amide bonds. The molecule has 0 spiro atoms. The third-order valence-corrected chi connectivity index (χ3v) is 7.67. The Morgan fingerprint density at radius 1 is 1.14 bits per heavy atom. The highest BCUT2D eigenvalue weighted by atomic mass is 32.2. The molecule has 0 saturated carbocycles. The van der Waals surface area contributed by atoms with Gasteiger partial charge in [-0.1, -0.05) is 38.1 Å². The lowest BCUT2D eigenvalue weighted by Crippen LogP contribution is -2.34. The van der Waals surface area contributed by atoms with Crippen molar-refractivity contribution in [1.29, 1.82) is 0 Å². The summed E-state index contributed by atoms with van der Waals surface area (Å²) in [5, 5.41) is 12.6. The minimum absolute atomic E-state index is 0.0331. The van der Waals surface area contributed by atoms with Crippen LogP contribution in [0.15, 0.2) is 52.4 Å². The van der Waals surface area contributed by atoms with Crippen molar-refractivity contribution in [2.75, 3.05) is 18.1 Å². The van der Waals surface area contributed by atoms with Gasteiger partial charge in [-0.2, -0.15) is 0 Å². The molecule has 1 aliphatic rings. The molecule has 3 N–H and O–H groups in total. The lowest BCUT2D eigenvalue weighted by atomic mass is 9.92. The first kappa shape index (κ1) is 24.8. The molecule has 0 atom stereocenters. The van der Waals surface area contributed by atoms with Gasteiger partial charge in [0.1, 0.15) is 22.0 Å². The second kappa shape index (κ2) is 9.04. The quantitative estimate of drug-likeness (QED) is 0.435.